The Kier molecular flexibility index (Phi) is 18.4. The fraction of sp³-hybridized carbons (Fsp3) is 1.00. The van der Waals surface area contributed by atoms with Crippen LogP contribution in [0.2, 0.25) is 0 Å². The third-order valence-electron chi connectivity index (χ3n) is 2.68. The lowest BCUT2D eigenvalue weighted by Crippen LogP contribution is -2.20. The summed E-state index contributed by atoms with van der Waals surface area (Å²) < 4.78 is 66.2. The Balaban J connectivity index is 4.44. The highest BCUT2D eigenvalue weighted by Gasteiger charge is 2.55. The van der Waals surface area contributed by atoms with Gasteiger partial charge in [-0.1, -0.05) is 0 Å². The Labute approximate surface area is 157 Å². The molecule has 25 heavy (non-hydrogen) atoms. The topological polar surface area (TPSA) is 107 Å². The molecule has 0 aliphatic rings. The van der Waals surface area contributed by atoms with Gasteiger partial charge in [0.25, 0.3) is 0 Å². The van der Waals surface area contributed by atoms with Crippen molar-refractivity contribution in [3.05, 3.63) is 0 Å². The van der Waals surface area contributed by atoms with E-state index in [1.54, 1.807) is 21.3 Å². The van der Waals surface area contributed by atoms with E-state index in [4.69, 9.17) is 24.9 Å². The van der Waals surface area contributed by atoms with Crippen LogP contribution in [-0.4, -0.2) is 74.8 Å². The van der Waals surface area contributed by atoms with Crippen LogP contribution in [0, 0.1) is 0 Å². The summed E-state index contributed by atoms with van der Waals surface area (Å²) in [4.78, 5) is 0. The van der Waals surface area contributed by atoms with Gasteiger partial charge in [0.1, 0.15) is 0 Å². The minimum atomic E-state index is -3.04. The van der Waals surface area contributed by atoms with Crippen LogP contribution >= 0.6 is 24.1 Å². The summed E-state index contributed by atoms with van der Waals surface area (Å²) in [6.45, 7) is 1.36. The van der Waals surface area contributed by atoms with Crippen molar-refractivity contribution in [2.75, 3.05) is 59.6 Å². The summed E-state index contributed by atoms with van der Waals surface area (Å²) >= 11 is -3.04. The van der Waals surface area contributed by atoms with Crippen molar-refractivity contribution in [2.24, 2.45) is 0 Å². The van der Waals surface area contributed by atoms with E-state index in [1.165, 1.54) is 0 Å². The highest BCUT2D eigenvalue weighted by Crippen LogP contribution is 2.35. The number of hydrogen-bond donors (Lipinski definition) is 0. The molecule has 0 N–H and O–H groups in total. The molecule has 0 heterocycles. The van der Waals surface area contributed by atoms with Crippen molar-refractivity contribution < 1.29 is 38.6 Å². The van der Waals surface area contributed by atoms with Crippen LogP contribution in [0.4, 0.5) is 0 Å². The van der Waals surface area contributed by atoms with Gasteiger partial charge in [0.05, 0.1) is 19.8 Å². The molecule has 0 spiro atoms. The zero-order valence-electron chi connectivity index (χ0n) is 15.0. The number of methoxy groups -OCH3 is 3. The Morgan fingerprint density at radius 3 is 1.12 bits per heavy atom. The predicted octanol–water partition coefficient (Wildman–Crippen LogP) is 3.36. The lowest BCUT2D eigenvalue weighted by molar-refractivity contribution is 0.198. The highest BCUT2D eigenvalue weighted by atomic mass is 31.1. The zero-order valence-corrected chi connectivity index (χ0v) is 18.8. The van der Waals surface area contributed by atoms with E-state index in [-0.39, 0.29) is 18.5 Å². The Hall–Kier alpha value is 0.592. The van der Waals surface area contributed by atoms with Gasteiger partial charge in [-0.2, -0.15) is 0 Å². The van der Waals surface area contributed by atoms with Crippen LogP contribution in [0.5, 0.6) is 0 Å². The van der Waals surface area contributed by atoms with Crippen LogP contribution < -0.4 is 0 Å². The summed E-state index contributed by atoms with van der Waals surface area (Å²) in [7, 11) is -1.50. The van der Waals surface area contributed by atoms with E-state index in [0.29, 0.717) is 39.1 Å². The van der Waals surface area contributed by atoms with Gasteiger partial charge in [0, 0.05) is 40.6 Å². The lowest BCUT2D eigenvalue weighted by atomic mass is 10.5. The first kappa shape index (κ1) is 25.6. The van der Waals surface area contributed by atoms with Gasteiger partial charge in [-0.15, -0.1) is 0 Å². The molecule has 0 aromatic rings. The number of rotatable bonds is 18. The molecule has 0 aromatic carbocycles. The van der Waals surface area contributed by atoms with E-state index in [1.807, 2.05) is 0 Å². The van der Waals surface area contributed by atoms with Gasteiger partial charge < -0.3 is 14.2 Å². The summed E-state index contributed by atoms with van der Waals surface area (Å²) in [6.07, 6.45) is 2.44. The maximum atomic E-state index is 11.9. The summed E-state index contributed by atoms with van der Waals surface area (Å²) in [5, 5.41) is 0. The van der Waals surface area contributed by atoms with Crippen LogP contribution in [0.15, 0.2) is 0 Å². The van der Waals surface area contributed by atoms with Gasteiger partial charge in [-0.3, -0.25) is 0 Å². The number of ether oxygens (including phenoxy) is 3. The van der Waals surface area contributed by atoms with Gasteiger partial charge in [0.15, 0.2) is 18.5 Å². The minimum absolute atomic E-state index is 0.264. The average molecular weight is 435 g/mol. The van der Waals surface area contributed by atoms with Crippen LogP contribution in [0.1, 0.15) is 19.3 Å². The SMILES string of the molecule is COCCC[P+](=O)[O][Al]([O][P+](=O)CCCOC)[O][P+](=O)CCCOC. The first-order chi connectivity index (χ1) is 12.0. The average Bonchev–Trinajstić information content (AvgIpc) is 2.55. The molecule has 0 radical (unpaired) electrons. The molecule has 3 unspecified atom stereocenters. The van der Waals surface area contributed by atoms with Gasteiger partial charge in [-0.25, -0.2) is 10.7 Å². The van der Waals surface area contributed by atoms with Crippen molar-refractivity contribution in [1.29, 1.82) is 0 Å². The second kappa shape index (κ2) is 18.0. The quantitative estimate of drug-likeness (QED) is 0.182. The van der Waals surface area contributed by atoms with E-state index < -0.39 is 39.2 Å². The second-order valence-electron chi connectivity index (χ2n) is 4.81. The molecule has 0 saturated carbocycles. The standard InChI is InChI=1S/3C4H9O3P.Al/c3*1-7-3-2-4-8(5)6;/h3*2-4H2,1H3;/q;;;+3. The molecule has 0 rings (SSSR count). The minimum Gasteiger partial charge on any atom is -0.385 e. The molecule has 0 aliphatic heterocycles. The molecular weight excluding hydrogens is 408 g/mol. The van der Waals surface area contributed by atoms with Gasteiger partial charge >= 0.3 is 39.2 Å². The van der Waals surface area contributed by atoms with Crippen molar-refractivity contribution in [3.63, 3.8) is 0 Å². The van der Waals surface area contributed by atoms with Crippen molar-refractivity contribution in [1.82, 2.24) is 0 Å². The first-order valence-electron chi connectivity index (χ1n) is 7.84. The van der Waals surface area contributed by atoms with Crippen molar-refractivity contribution >= 4 is 39.2 Å². The van der Waals surface area contributed by atoms with E-state index in [0.717, 1.165) is 0 Å². The largest absolute Gasteiger partial charge is 1.04 e. The molecule has 0 aliphatic carbocycles. The molecule has 13 heteroatoms. The highest BCUT2D eigenvalue weighted by molar-refractivity contribution is 7.44. The zero-order chi connectivity index (χ0) is 18.9. The Morgan fingerprint density at radius 2 is 0.880 bits per heavy atom. The maximum absolute atomic E-state index is 11.9. The fourth-order valence-electron chi connectivity index (χ4n) is 1.52. The van der Waals surface area contributed by atoms with Crippen molar-refractivity contribution in [2.45, 2.75) is 19.3 Å². The fourth-order valence-corrected chi connectivity index (χ4v) is 7.75. The monoisotopic (exact) mass is 435 g/mol. The normalized spacial score (nSPS) is 12.8. The van der Waals surface area contributed by atoms with Crippen LogP contribution in [0.3, 0.4) is 0 Å². The third kappa shape index (κ3) is 16.5. The lowest BCUT2D eigenvalue weighted by Gasteiger charge is -1.95. The smallest absolute Gasteiger partial charge is 0.385 e. The molecule has 0 bridgehead atoms. The molecule has 0 fully saturated rings. The molecule has 0 amide bonds. The van der Waals surface area contributed by atoms with Crippen LogP contribution in [0.25, 0.3) is 0 Å². The summed E-state index contributed by atoms with van der Waals surface area (Å²) in [5.74, 6) is 0. The molecule has 9 nitrogen and oxygen atoms in total. The van der Waals surface area contributed by atoms with Gasteiger partial charge in [0.2, 0.25) is 0 Å². The summed E-state index contributed by atoms with van der Waals surface area (Å²) in [6, 6.07) is 0. The molecule has 0 saturated heterocycles. The Bertz CT molecular complexity index is 343. The van der Waals surface area contributed by atoms with Crippen LogP contribution in [-0.2, 0) is 38.6 Å². The summed E-state index contributed by atoms with van der Waals surface area (Å²) in [5.41, 5.74) is 0. The van der Waals surface area contributed by atoms with E-state index >= 15 is 0 Å². The molecule has 3 atom stereocenters. The van der Waals surface area contributed by atoms with E-state index in [9.17, 15) is 13.7 Å². The van der Waals surface area contributed by atoms with E-state index in [2.05, 4.69) is 0 Å². The van der Waals surface area contributed by atoms with Crippen molar-refractivity contribution in [3.8, 4) is 0 Å². The van der Waals surface area contributed by atoms with Gasteiger partial charge in [-0.05, 0) is 13.7 Å². The second-order valence-corrected chi connectivity index (χ2v) is 11.3. The molecular formula is C12H27AlO9P3+3. The number of hydrogen-bond acceptors (Lipinski definition) is 9. The third-order valence-corrected chi connectivity index (χ3v) is 9.61. The molecule has 144 valence electrons. The molecule has 0 aromatic heterocycles. The maximum Gasteiger partial charge on any atom is 1.04 e. The predicted molar refractivity (Wildman–Crippen MR) is 95.9 cm³/mol. The first-order valence-corrected chi connectivity index (χ1v) is 13.3. The Morgan fingerprint density at radius 1 is 0.600 bits per heavy atom.